The van der Waals surface area contributed by atoms with E-state index in [2.05, 4.69) is 10.6 Å². The Balaban J connectivity index is 3.66. The number of aliphatic carboxylic acids is 1. The second-order valence-corrected chi connectivity index (χ2v) is 5.91. The van der Waals surface area contributed by atoms with Gasteiger partial charge in [0.15, 0.2) is 0 Å². The minimum absolute atomic E-state index is 0.0908. The van der Waals surface area contributed by atoms with Gasteiger partial charge in [-0.3, -0.25) is 4.79 Å². The molecule has 0 radical (unpaired) electrons. The van der Waals surface area contributed by atoms with Crippen LogP contribution in [0, 0.1) is 5.41 Å². The van der Waals surface area contributed by atoms with Crippen LogP contribution in [0.4, 0.5) is 4.79 Å². The molecule has 0 aliphatic heterocycles. The highest BCUT2D eigenvalue weighted by Crippen LogP contribution is 2.25. The molecule has 6 heteroatoms. The molecule has 0 fully saturated rings. The number of ether oxygens (including phenoxy) is 1. The molecule has 0 heterocycles. The molecule has 0 spiro atoms. The lowest BCUT2D eigenvalue weighted by Gasteiger charge is -2.23. The number of urea groups is 1. The summed E-state index contributed by atoms with van der Waals surface area (Å²) in [5, 5.41) is 14.1. The standard InChI is InChI=1S/C14H28N2O4/c1-11(2)20-10-9-16-13(19)15-8-7-14(3,4)6-5-12(17)18/h11H,5-10H2,1-4H3,(H,17,18)(H2,15,16,19). The van der Waals surface area contributed by atoms with Crippen molar-refractivity contribution in [1.82, 2.24) is 10.6 Å². The molecule has 0 aromatic carbocycles. The zero-order valence-electron chi connectivity index (χ0n) is 13.0. The fourth-order valence-corrected chi connectivity index (χ4v) is 1.61. The third-order valence-electron chi connectivity index (χ3n) is 2.94. The zero-order chi connectivity index (χ0) is 15.6. The summed E-state index contributed by atoms with van der Waals surface area (Å²) >= 11 is 0. The predicted molar refractivity (Wildman–Crippen MR) is 77.8 cm³/mol. The van der Waals surface area contributed by atoms with E-state index in [9.17, 15) is 9.59 Å². The third kappa shape index (κ3) is 11.8. The Morgan fingerprint density at radius 2 is 1.75 bits per heavy atom. The van der Waals surface area contributed by atoms with Gasteiger partial charge in [0.2, 0.25) is 0 Å². The van der Waals surface area contributed by atoms with Gasteiger partial charge < -0.3 is 20.5 Å². The smallest absolute Gasteiger partial charge is 0.314 e. The maximum atomic E-state index is 11.5. The molecule has 0 atom stereocenters. The van der Waals surface area contributed by atoms with Crippen LogP contribution in [-0.2, 0) is 9.53 Å². The van der Waals surface area contributed by atoms with Crippen molar-refractivity contribution in [2.24, 2.45) is 5.41 Å². The molecule has 0 aromatic heterocycles. The minimum Gasteiger partial charge on any atom is -0.481 e. The van der Waals surface area contributed by atoms with Crippen molar-refractivity contribution in [3.63, 3.8) is 0 Å². The number of carbonyl (C=O) groups is 2. The number of hydrogen-bond acceptors (Lipinski definition) is 3. The fourth-order valence-electron chi connectivity index (χ4n) is 1.61. The average molecular weight is 288 g/mol. The van der Waals surface area contributed by atoms with Crippen LogP contribution in [0.25, 0.3) is 0 Å². The number of amides is 2. The van der Waals surface area contributed by atoms with Crippen molar-refractivity contribution in [3.8, 4) is 0 Å². The van der Waals surface area contributed by atoms with E-state index in [4.69, 9.17) is 9.84 Å². The SMILES string of the molecule is CC(C)OCCNC(=O)NCCC(C)(C)CCC(=O)O. The minimum atomic E-state index is -0.783. The first kappa shape index (κ1) is 18.7. The molecule has 0 saturated carbocycles. The first-order chi connectivity index (χ1) is 9.23. The van der Waals surface area contributed by atoms with Crippen LogP contribution >= 0.6 is 0 Å². The number of hydrogen-bond donors (Lipinski definition) is 3. The predicted octanol–water partition coefficient (Wildman–Crippen LogP) is 1.99. The van der Waals surface area contributed by atoms with Crippen molar-refractivity contribution in [1.29, 1.82) is 0 Å². The van der Waals surface area contributed by atoms with E-state index in [0.29, 0.717) is 26.1 Å². The average Bonchev–Trinajstić information content (AvgIpc) is 2.32. The number of carboxylic acids is 1. The molecule has 0 aliphatic rings. The van der Waals surface area contributed by atoms with Gasteiger partial charge in [-0.2, -0.15) is 0 Å². The highest BCUT2D eigenvalue weighted by molar-refractivity contribution is 5.73. The van der Waals surface area contributed by atoms with E-state index < -0.39 is 5.97 Å². The third-order valence-corrected chi connectivity index (χ3v) is 2.94. The van der Waals surface area contributed by atoms with Gasteiger partial charge in [-0.1, -0.05) is 13.8 Å². The summed E-state index contributed by atoms with van der Waals surface area (Å²) in [6, 6.07) is -0.216. The molecule has 2 amide bonds. The zero-order valence-corrected chi connectivity index (χ0v) is 13.0. The van der Waals surface area contributed by atoms with Crippen LogP contribution in [0.2, 0.25) is 0 Å². The van der Waals surface area contributed by atoms with E-state index in [1.54, 1.807) is 0 Å². The van der Waals surface area contributed by atoms with Crippen LogP contribution in [0.1, 0.15) is 47.0 Å². The van der Waals surface area contributed by atoms with Crippen LogP contribution < -0.4 is 10.6 Å². The molecule has 118 valence electrons. The summed E-state index contributed by atoms with van der Waals surface area (Å²) in [4.78, 5) is 22.0. The Hall–Kier alpha value is -1.30. The lowest BCUT2D eigenvalue weighted by atomic mass is 9.84. The van der Waals surface area contributed by atoms with Gasteiger partial charge in [0, 0.05) is 19.5 Å². The van der Waals surface area contributed by atoms with Gasteiger partial charge >= 0.3 is 12.0 Å². The molecule has 0 aliphatic carbocycles. The second kappa shape index (κ2) is 9.58. The summed E-state index contributed by atoms with van der Waals surface area (Å²) in [7, 11) is 0. The lowest BCUT2D eigenvalue weighted by molar-refractivity contribution is -0.137. The van der Waals surface area contributed by atoms with Crippen LogP contribution in [0.5, 0.6) is 0 Å². The van der Waals surface area contributed by atoms with Crippen LogP contribution in [0.3, 0.4) is 0 Å². The normalized spacial score (nSPS) is 11.4. The largest absolute Gasteiger partial charge is 0.481 e. The van der Waals surface area contributed by atoms with Crippen molar-refractivity contribution < 1.29 is 19.4 Å². The van der Waals surface area contributed by atoms with Gasteiger partial charge in [0.05, 0.1) is 12.7 Å². The molecule has 20 heavy (non-hydrogen) atoms. The molecule has 0 bridgehead atoms. The molecule has 3 N–H and O–H groups in total. The van der Waals surface area contributed by atoms with E-state index in [-0.39, 0.29) is 24.0 Å². The summed E-state index contributed by atoms with van der Waals surface area (Å²) in [5.41, 5.74) is -0.0908. The molecular weight excluding hydrogens is 260 g/mol. The Morgan fingerprint density at radius 3 is 2.30 bits per heavy atom. The maximum absolute atomic E-state index is 11.5. The first-order valence-corrected chi connectivity index (χ1v) is 7.08. The fraction of sp³-hybridized carbons (Fsp3) is 0.857. The van der Waals surface area contributed by atoms with Crippen molar-refractivity contribution in [3.05, 3.63) is 0 Å². The van der Waals surface area contributed by atoms with Gasteiger partial charge in [0.1, 0.15) is 0 Å². The van der Waals surface area contributed by atoms with Gasteiger partial charge in [0.25, 0.3) is 0 Å². The number of carboxylic acid groups (broad SMARTS) is 1. The molecule has 0 rings (SSSR count). The van der Waals surface area contributed by atoms with Crippen LogP contribution in [-0.4, -0.2) is 42.9 Å². The Bertz CT molecular complexity index is 304. The topological polar surface area (TPSA) is 87.7 Å². The van der Waals surface area contributed by atoms with E-state index in [1.807, 2.05) is 27.7 Å². The number of carbonyl (C=O) groups excluding carboxylic acids is 1. The molecule has 0 aromatic rings. The van der Waals surface area contributed by atoms with Crippen LogP contribution in [0.15, 0.2) is 0 Å². The summed E-state index contributed by atoms with van der Waals surface area (Å²) in [6.07, 6.45) is 1.67. The Morgan fingerprint density at radius 1 is 1.15 bits per heavy atom. The summed E-state index contributed by atoms with van der Waals surface area (Å²) < 4.78 is 5.31. The van der Waals surface area contributed by atoms with Gasteiger partial charge in [-0.15, -0.1) is 0 Å². The lowest BCUT2D eigenvalue weighted by Crippen LogP contribution is -2.39. The Labute approximate surface area is 121 Å². The van der Waals surface area contributed by atoms with E-state index in [1.165, 1.54) is 0 Å². The summed E-state index contributed by atoms with van der Waals surface area (Å²) in [5.74, 6) is -0.783. The molecular formula is C14H28N2O4. The second-order valence-electron chi connectivity index (χ2n) is 5.91. The van der Waals surface area contributed by atoms with Gasteiger partial charge in [-0.25, -0.2) is 4.79 Å². The van der Waals surface area contributed by atoms with Gasteiger partial charge in [-0.05, 0) is 32.1 Å². The quantitative estimate of drug-likeness (QED) is 0.536. The molecule has 6 nitrogen and oxygen atoms in total. The van der Waals surface area contributed by atoms with Crippen molar-refractivity contribution >= 4 is 12.0 Å². The Kier molecular flexibility index (Phi) is 8.96. The van der Waals surface area contributed by atoms with Crippen molar-refractivity contribution in [2.75, 3.05) is 19.7 Å². The van der Waals surface area contributed by atoms with E-state index in [0.717, 1.165) is 6.42 Å². The number of nitrogens with one attached hydrogen (secondary N) is 2. The first-order valence-electron chi connectivity index (χ1n) is 7.08. The number of rotatable bonds is 10. The monoisotopic (exact) mass is 288 g/mol. The highest BCUT2D eigenvalue weighted by Gasteiger charge is 2.19. The molecule has 0 unspecified atom stereocenters. The van der Waals surface area contributed by atoms with E-state index >= 15 is 0 Å². The summed E-state index contributed by atoms with van der Waals surface area (Å²) in [6.45, 7) is 9.40. The maximum Gasteiger partial charge on any atom is 0.314 e. The van der Waals surface area contributed by atoms with Crippen molar-refractivity contribution in [2.45, 2.75) is 53.1 Å². The highest BCUT2D eigenvalue weighted by atomic mass is 16.5. The molecule has 0 saturated heterocycles.